The maximum absolute atomic E-state index is 12.2. The van der Waals surface area contributed by atoms with E-state index in [2.05, 4.69) is 0 Å². The van der Waals surface area contributed by atoms with Gasteiger partial charge in [-0.1, -0.05) is 48.0 Å². The van der Waals surface area contributed by atoms with Gasteiger partial charge in [0.15, 0.2) is 9.84 Å². The SMILES string of the molecule is NCc1ccccc1CS(=O)(=O)Cc1ccc(Cl)cc1. The van der Waals surface area contributed by atoms with Gasteiger partial charge in [0.05, 0.1) is 11.5 Å². The number of benzene rings is 2. The first-order chi connectivity index (χ1) is 9.50. The molecule has 2 aromatic rings. The molecule has 0 saturated carbocycles. The van der Waals surface area contributed by atoms with Gasteiger partial charge in [0.2, 0.25) is 0 Å². The van der Waals surface area contributed by atoms with Gasteiger partial charge in [-0.25, -0.2) is 8.42 Å². The maximum Gasteiger partial charge on any atom is 0.158 e. The molecule has 0 aromatic heterocycles. The smallest absolute Gasteiger partial charge is 0.158 e. The highest BCUT2D eigenvalue weighted by Gasteiger charge is 2.15. The van der Waals surface area contributed by atoms with Crippen LogP contribution in [0.1, 0.15) is 16.7 Å². The van der Waals surface area contributed by atoms with Crippen molar-refractivity contribution in [1.29, 1.82) is 0 Å². The summed E-state index contributed by atoms with van der Waals surface area (Å²) in [6.07, 6.45) is 0. The maximum atomic E-state index is 12.2. The molecule has 0 unspecified atom stereocenters. The minimum atomic E-state index is -3.23. The third-order valence-electron chi connectivity index (χ3n) is 3.01. The molecule has 0 bridgehead atoms. The first-order valence-corrected chi connectivity index (χ1v) is 8.42. The molecule has 20 heavy (non-hydrogen) atoms. The van der Waals surface area contributed by atoms with Crippen LogP contribution in [0.15, 0.2) is 48.5 Å². The van der Waals surface area contributed by atoms with Crippen LogP contribution in [0.25, 0.3) is 0 Å². The van der Waals surface area contributed by atoms with Crippen molar-refractivity contribution in [2.75, 3.05) is 0 Å². The van der Waals surface area contributed by atoms with Crippen molar-refractivity contribution in [2.45, 2.75) is 18.1 Å². The Bertz CT molecular complexity index is 681. The Morgan fingerprint density at radius 1 is 0.900 bits per heavy atom. The molecule has 0 saturated heterocycles. The molecule has 5 heteroatoms. The van der Waals surface area contributed by atoms with Gasteiger partial charge in [-0.15, -0.1) is 0 Å². The van der Waals surface area contributed by atoms with E-state index in [-0.39, 0.29) is 11.5 Å². The Kier molecular flexibility index (Phi) is 4.81. The Morgan fingerprint density at radius 3 is 2.10 bits per heavy atom. The molecule has 3 nitrogen and oxygen atoms in total. The summed E-state index contributed by atoms with van der Waals surface area (Å²) in [4.78, 5) is 0. The average molecular weight is 310 g/mol. The summed E-state index contributed by atoms with van der Waals surface area (Å²) in [6, 6.07) is 14.2. The highest BCUT2D eigenvalue weighted by atomic mass is 35.5. The van der Waals surface area contributed by atoms with Gasteiger partial charge in [-0.05, 0) is 28.8 Å². The summed E-state index contributed by atoms with van der Waals surface area (Å²) in [7, 11) is -3.23. The first-order valence-electron chi connectivity index (χ1n) is 6.22. The van der Waals surface area contributed by atoms with E-state index in [1.54, 1.807) is 24.3 Å². The predicted octanol–water partition coefficient (Wildman–Crippen LogP) is 2.91. The molecule has 2 N–H and O–H groups in total. The lowest BCUT2D eigenvalue weighted by molar-refractivity contribution is 0.594. The molecule has 0 fully saturated rings. The first kappa shape index (κ1) is 15.0. The van der Waals surface area contributed by atoms with Gasteiger partial charge in [0.25, 0.3) is 0 Å². The monoisotopic (exact) mass is 309 g/mol. The highest BCUT2D eigenvalue weighted by molar-refractivity contribution is 7.89. The van der Waals surface area contributed by atoms with E-state index in [4.69, 9.17) is 17.3 Å². The van der Waals surface area contributed by atoms with Crippen molar-refractivity contribution in [2.24, 2.45) is 5.73 Å². The number of hydrogen-bond donors (Lipinski definition) is 1. The van der Waals surface area contributed by atoms with Gasteiger partial charge < -0.3 is 5.73 Å². The zero-order valence-electron chi connectivity index (χ0n) is 10.9. The molecule has 2 rings (SSSR count). The van der Waals surface area contributed by atoms with Gasteiger partial charge >= 0.3 is 0 Å². The summed E-state index contributed by atoms with van der Waals surface area (Å²) in [5.74, 6) is 0.00603. The Morgan fingerprint density at radius 2 is 1.50 bits per heavy atom. The molecule has 2 aromatic carbocycles. The molecule has 0 atom stereocenters. The second-order valence-corrected chi connectivity index (χ2v) is 7.13. The second-order valence-electron chi connectivity index (χ2n) is 4.63. The number of nitrogens with two attached hydrogens (primary N) is 1. The summed E-state index contributed by atoms with van der Waals surface area (Å²) in [5, 5.41) is 0.597. The molecule has 0 aliphatic carbocycles. The zero-order valence-corrected chi connectivity index (χ0v) is 12.5. The molecular weight excluding hydrogens is 294 g/mol. The standard InChI is InChI=1S/C15H16ClNO2S/c16-15-7-5-12(6-8-15)10-20(18,19)11-14-4-2-1-3-13(14)9-17/h1-8H,9-11,17H2. The van der Waals surface area contributed by atoms with E-state index < -0.39 is 9.84 Å². The van der Waals surface area contributed by atoms with Crippen LogP contribution >= 0.6 is 11.6 Å². The molecule has 0 spiro atoms. The fraction of sp³-hybridized carbons (Fsp3) is 0.200. The van der Waals surface area contributed by atoms with Crippen molar-refractivity contribution in [1.82, 2.24) is 0 Å². The number of sulfone groups is 1. The Hall–Kier alpha value is -1.36. The van der Waals surface area contributed by atoms with Crippen molar-refractivity contribution < 1.29 is 8.42 Å². The fourth-order valence-corrected chi connectivity index (χ4v) is 3.70. The lowest BCUT2D eigenvalue weighted by Gasteiger charge is -2.09. The molecule has 0 amide bonds. The third-order valence-corrected chi connectivity index (χ3v) is 4.79. The van der Waals surface area contributed by atoms with Gasteiger partial charge in [-0.3, -0.25) is 0 Å². The lowest BCUT2D eigenvalue weighted by atomic mass is 10.1. The number of rotatable bonds is 5. The quantitative estimate of drug-likeness (QED) is 0.924. The van der Waals surface area contributed by atoms with Crippen LogP contribution in [-0.4, -0.2) is 8.42 Å². The van der Waals surface area contributed by atoms with Crippen LogP contribution in [0.4, 0.5) is 0 Å². The van der Waals surface area contributed by atoms with Gasteiger partial charge in [0.1, 0.15) is 0 Å². The van der Waals surface area contributed by atoms with E-state index in [0.29, 0.717) is 11.6 Å². The van der Waals surface area contributed by atoms with E-state index in [9.17, 15) is 8.42 Å². The minimum Gasteiger partial charge on any atom is -0.326 e. The van der Waals surface area contributed by atoms with Crippen LogP contribution in [0.5, 0.6) is 0 Å². The van der Waals surface area contributed by atoms with Crippen LogP contribution in [0, 0.1) is 0 Å². The zero-order chi connectivity index (χ0) is 14.6. The van der Waals surface area contributed by atoms with Crippen LogP contribution in [-0.2, 0) is 27.9 Å². The van der Waals surface area contributed by atoms with Crippen LogP contribution in [0.2, 0.25) is 5.02 Å². The predicted molar refractivity (Wildman–Crippen MR) is 82.1 cm³/mol. The molecule has 0 radical (unpaired) electrons. The summed E-state index contributed by atoms with van der Waals surface area (Å²) in [6.45, 7) is 0.340. The Balaban J connectivity index is 2.17. The van der Waals surface area contributed by atoms with Crippen molar-refractivity contribution in [3.63, 3.8) is 0 Å². The average Bonchev–Trinajstić information content (AvgIpc) is 2.41. The summed E-state index contributed by atoms with van der Waals surface area (Å²) < 4.78 is 24.5. The number of hydrogen-bond acceptors (Lipinski definition) is 3. The molecule has 106 valence electrons. The van der Waals surface area contributed by atoms with E-state index in [0.717, 1.165) is 16.7 Å². The van der Waals surface area contributed by atoms with Crippen molar-refractivity contribution >= 4 is 21.4 Å². The topological polar surface area (TPSA) is 60.2 Å². The van der Waals surface area contributed by atoms with E-state index >= 15 is 0 Å². The summed E-state index contributed by atoms with van der Waals surface area (Å²) >= 11 is 5.79. The van der Waals surface area contributed by atoms with E-state index in [1.165, 1.54) is 0 Å². The van der Waals surface area contributed by atoms with E-state index in [1.807, 2.05) is 24.3 Å². The molecule has 0 aliphatic rings. The normalized spacial score (nSPS) is 11.5. The Labute approximate surface area is 124 Å². The molecule has 0 aliphatic heterocycles. The van der Waals surface area contributed by atoms with Crippen molar-refractivity contribution in [3.05, 3.63) is 70.2 Å². The second kappa shape index (κ2) is 6.39. The van der Waals surface area contributed by atoms with Crippen LogP contribution in [0.3, 0.4) is 0 Å². The third kappa shape index (κ3) is 4.07. The van der Waals surface area contributed by atoms with Crippen molar-refractivity contribution in [3.8, 4) is 0 Å². The fourth-order valence-electron chi connectivity index (χ4n) is 2.02. The molecular formula is C15H16ClNO2S. The number of halogens is 1. The minimum absolute atomic E-state index is 0.00298. The lowest BCUT2D eigenvalue weighted by Crippen LogP contribution is -2.10. The molecule has 0 heterocycles. The largest absolute Gasteiger partial charge is 0.326 e. The van der Waals surface area contributed by atoms with Gasteiger partial charge in [-0.2, -0.15) is 0 Å². The van der Waals surface area contributed by atoms with Gasteiger partial charge in [0, 0.05) is 11.6 Å². The van der Waals surface area contributed by atoms with Crippen LogP contribution < -0.4 is 5.73 Å². The summed E-state index contributed by atoms with van der Waals surface area (Å²) in [5.41, 5.74) is 8.00. The highest BCUT2D eigenvalue weighted by Crippen LogP contribution is 2.17.